The van der Waals surface area contributed by atoms with E-state index in [1.807, 2.05) is 0 Å². The van der Waals surface area contributed by atoms with Crippen molar-refractivity contribution in [1.82, 2.24) is 5.32 Å². The molecule has 0 unspecified atom stereocenters. The number of amides is 2. The van der Waals surface area contributed by atoms with E-state index in [1.54, 1.807) is 30.3 Å². The van der Waals surface area contributed by atoms with Gasteiger partial charge in [-0.2, -0.15) is 0 Å². The van der Waals surface area contributed by atoms with E-state index < -0.39 is 24.4 Å². The lowest BCUT2D eigenvalue weighted by atomic mass is 10.1. The molecule has 1 aliphatic heterocycles. The van der Waals surface area contributed by atoms with Crippen molar-refractivity contribution in [2.24, 2.45) is 0 Å². The Hall–Kier alpha value is -2.94. The summed E-state index contributed by atoms with van der Waals surface area (Å²) in [5.41, 5.74) is 0.582. The average Bonchev–Trinajstić information content (AvgIpc) is 2.67. The van der Waals surface area contributed by atoms with Crippen molar-refractivity contribution in [3.05, 3.63) is 63.6 Å². The minimum Gasteiger partial charge on any atom is -0.546 e. The summed E-state index contributed by atoms with van der Waals surface area (Å²) in [5, 5.41) is 13.1. The lowest BCUT2D eigenvalue weighted by Gasteiger charge is -2.29. The number of nitrogens with one attached hydrogen (secondary N) is 1. The highest BCUT2D eigenvalue weighted by Crippen LogP contribution is 2.34. The van der Waals surface area contributed by atoms with Crippen LogP contribution in [0.5, 0.6) is 5.75 Å². The van der Waals surface area contributed by atoms with E-state index >= 15 is 0 Å². The van der Waals surface area contributed by atoms with Crippen LogP contribution >= 0.6 is 35.4 Å². The molecule has 2 aromatic carbocycles. The number of aliphatic carboxylic acids is 1. The number of carboxylic acid groups (broad SMARTS) is 1. The van der Waals surface area contributed by atoms with Gasteiger partial charge in [0.2, 0.25) is 0 Å². The van der Waals surface area contributed by atoms with Crippen molar-refractivity contribution >= 4 is 70.1 Å². The third kappa shape index (κ3) is 4.56. The maximum absolute atomic E-state index is 13.0. The number of anilines is 1. The number of nitrogens with zero attached hydrogens (tertiary/aromatic N) is 1. The summed E-state index contributed by atoms with van der Waals surface area (Å²) in [6, 6.07) is 10.8. The van der Waals surface area contributed by atoms with Crippen molar-refractivity contribution in [1.29, 1.82) is 0 Å². The zero-order valence-electron chi connectivity index (χ0n) is 14.5. The minimum absolute atomic E-state index is 0.118. The topological polar surface area (TPSA) is 98.8 Å². The standard InChI is InChI=1S/C19H12Cl2N2O5S/c20-13-2-1-3-14(16(13)21)23-18(27)12(17(26)22-19(23)29)8-10-4-6-11(7-5-10)28-9-15(24)25/h1-8H,9H2,(H,24,25)(H,22,26,29)/p-1/b12-8+. The van der Waals surface area contributed by atoms with E-state index in [2.05, 4.69) is 5.32 Å². The number of hydrogen-bond acceptors (Lipinski definition) is 6. The molecule has 3 rings (SSSR count). The highest BCUT2D eigenvalue weighted by molar-refractivity contribution is 7.80. The van der Waals surface area contributed by atoms with Gasteiger partial charge >= 0.3 is 0 Å². The normalized spacial score (nSPS) is 15.4. The molecule has 7 nitrogen and oxygen atoms in total. The first-order valence-electron chi connectivity index (χ1n) is 8.06. The summed E-state index contributed by atoms with van der Waals surface area (Å²) in [5.74, 6) is -2.38. The van der Waals surface area contributed by atoms with Gasteiger partial charge < -0.3 is 14.6 Å². The number of halogens is 2. The summed E-state index contributed by atoms with van der Waals surface area (Å²) in [7, 11) is 0. The Morgan fingerprint density at radius 2 is 1.86 bits per heavy atom. The van der Waals surface area contributed by atoms with E-state index in [0.717, 1.165) is 4.90 Å². The van der Waals surface area contributed by atoms with Crippen LogP contribution in [0.15, 0.2) is 48.0 Å². The molecule has 0 saturated carbocycles. The molecule has 148 valence electrons. The van der Waals surface area contributed by atoms with Gasteiger partial charge in [-0.1, -0.05) is 41.4 Å². The molecule has 0 aromatic heterocycles. The van der Waals surface area contributed by atoms with Crippen molar-refractivity contribution in [2.75, 3.05) is 11.5 Å². The molecule has 0 aliphatic carbocycles. The second-order valence-corrected chi connectivity index (χ2v) is 6.93. The van der Waals surface area contributed by atoms with E-state index in [9.17, 15) is 19.5 Å². The summed E-state index contributed by atoms with van der Waals surface area (Å²) in [6.45, 7) is -0.589. The van der Waals surface area contributed by atoms with Gasteiger partial charge in [0.05, 0.1) is 21.7 Å². The third-order valence-electron chi connectivity index (χ3n) is 3.82. The summed E-state index contributed by atoms with van der Waals surface area (Å²) in [4.78, 5) is 36.8. The molecule has 0 bridgehead atoms. The Bertz CT molecular complexity index is 1050. The predicted octanol–water partition coefficient (Wildman–Crippen LogP) is 1.95. The fraction of sp³-hybridized carbons (Fsp3) is 0.0526. The molecule has 1 aliphatic rings. The smallest absolute Gasteiger partial charge is 0.270 e. The number of rotatable bonds is 5. The van der Waals surface area contributed by atoms with Crippen molar-refractivity contribution in [3.8, 4) is 5.75 Å². The predicted molar refractivity (Wildman–Crippen MR) is 110 cm³/mol. The van der Waals surface area contributed by atoms with Gasteiger partial charge in [0.25, 0.3) is 11.8 Å². The van der Waals surface area contributed by atoms with Crippen molar-refractivity contribution in [2.45, 2.75) is 0 Å². The number of ether oxygens (including phenoxy) is 1. The second-order valence-electron chi connectivity index (χ2n) is 5.76. The highest BCUT2D eigenvalue weighted by Gasteiger charge is 2.35. The molecule has 1 N–H and O–H groups in total. The molecular formula is C19H11Cl2N2O5S-. The number of thiocarbonyl (C=S) groups is 1. The summed E-state index contributed by atoms with van der Waals surface area (Å²) < 4.78 is 4.99. The van der Waals surface area contributed by atoms with E-state index in [4.69, 9.17) is 40.2 Å². The zero-order chi connectivity index (χ0) is 21.1. The van der Waals surface area contributed by atoms with Gasteiger partial charge in [-0.05, 0) is 48.1 Å². The molecule has 0 spiro atoms. The number of carbonyl (C=O) groups excluding carboxylic acids is 3. The quantitative estimate of drug-likeness (QED) is 0.425. The fourth-order valence-corrected chi connectivity index (χ4v) is 3.16. The first-order chi connectivity index (χ1) is 13.8. The monoisotopic (exact) mass is 449 g/mol. The number of carboxylic acids is 1. The molecular weight excluding hydrogens is 439 g/mol. The Morgan fingerprint density at radius 1 is 1.17 bits per heavy atom. The fourth-order valence-electron chi connectivity index (χ4n) is 2.51. The Morgan fingerprint density at radius 3 is 2.52 bits per heavy atom. The molecule has 2 aromatic rings. The van der Waals surface area contributed by atoms with Crippen LogP contribution in [0.4, 0.5) is 5.69 Å². The van der Waals surface area contributed by atoms with Crippen LogP contribution in [0, 0.1) is 0 Å². The molecule has 1 saturated heterocycles. The van der Waals surface area contributed by atoms with Gasteiger partial charge in [0.15, 0.2) is 5.11 Å². The van der Waals surface area contributed by atoms with Crippen molar-refractivity contribution < 1.29 is 24.2 Å². The Balaban J connectivity index is 1.91. The van der Waals surface area contributed by atoms with Gasteiger partial charge in [-0.15, -0.1) is 0 Å². The van der Waals surface area contributed by atoms with Gasteiger partial charge in [-0.25, -0.2) is 0 Å². The van der Waals surface area contributed by atoms with E-state index in [1.165, 1.54) is 18.2 Å². The average molecular weight is 450 g/mol. The SMILES string of the molecule is O=C([O-])COc1ccc(/C=C2\C(=O)NC(=S)N(c3cccc(Cl)c3Cl)C2=O)cc1. The van der Waals surface area contributed by atoms with Crippen LogP contribution in [-0.2, 0) is 14.4 Å². The molecule has 0 radical (unpaired) electrons. The number of hydrogen-bond donors (Lipinski definition) is 1. The maximum atomic E-state index is 13.0. The molecule has 10 heteroatoms. The molecule has 1 heterocycles. The second kappa shape index (κ2) is 8.60. The highest BCUT2D eigenvalue weighted by atomic mass is 35.5. The van der Waals surface area contributed by atoms with Gasteiger partial charge in [0, 0.05) is 0 Å². The lowest BCUT2D eigenvalue weighted by Crippen LogP contribution is -2.54. The first-order valence-corrected chi connectivity index (χ1v) is 9.22. The van der Waals surface area contributed by atoms with Crippen LogP contribution in [0.2, 0.25) is 10.0 Å². The summed E-state index contributed by atoms with van der Waals surface area (Å²) in [6.07, 6.45) is 1.37. The molecule has 1 fully saturated rings. The maximum Gasteiger partial charge on any atom is 0.270 e. The third-order valence-corrected chi connectivity index (χ3v) is 4.92. The van der Waals surface area contributed by atoms with Crippen LogP contribution in [0.25, 0.3) is 6.08 Å². The molecule has 29 heavy (non-hydrogen) atoms. The summed E-state index contributed by atoms with van der Waals surface area (Å²) >= 11 is 17.3. The van der Waals surface area contributed by atoms with E-state index in [0.29, 0.717) is 11.3 Å². The van der Waals surface area contributed by atoms with Crippen LogP contribution in [0.3, 0.4) is 0 Å². The number of benzene rings is 2. The Labute approximate surface area is 180 Å². The lowest BCUT2D eigenvalue weighted by molar-refractivity contribution is -0.307. The van der Waals surface area contributed by atoms with Gasteiger partial charge in [-0.3, -0.25) is 19.8 Å². The van der Waals surface area contributed by atoms with Crippen molar-refractivity contribution in [3.63, 3.8) is 0 Å². The first kappa shape index (κ1) is 20.8. The Kier molecular flexibility index (Phi) is 6.17. The van der Waals surface area contributed by atoms with Gasteiger partial charge in [0.1, 0.15) is 17.9 Å². The van der Waals surface area contributed by atoms with E-state index in [-0.39, 0.29) is 26.4 Å². The minimum atomic E-state index is -1.35. The zero-order valence-corrected chi connectivity index (χ0v) is 16.8. The van der Waals surface area contributed by atoms with Crippen LogP contribution < -0.4 is 20.1 Å². The van der Waals surface area contributed by atoms with Crippen LogP contribution in [-0.4, -0.2) is 29.5 Å². The molecule has 2 amide bonds. The number of carbonyl (C=O) groups is 3. The van der Waals surface area contributed by atoms with Crippen LogP contribution in [0.1, 0.15) is 5.56 Å². The molecule has 0 atom stereocenters. The largest absolute Gasteiger partial charge is 0.546 e.